The van der Waals surface area contributed by atoms with Crippen LogP contribution in [0.1, 0.15) is 35.0 Å². The van der Waals surface area contributed by atoms with E-state index < -0.39 is 0 Å². The number of aliphatic hydroxyl groups is 1. The molecular formula is C15H19N3O2S. The number of carbonyl (C=O) groups excluding carboxylic acids is 1. The molecular weight excluding hydrogens is 286 g/mol. The minimum Gasteiger partial charge on any atom is -0.397 e. The lowest BCUT2D eigenvalue weighted by Crippen LogP contribution is -2.36. The summed E-state index contributed by atoms with van der Waals surface area (Å²) in [6.07, 6.45) is 1.33. The Hall–Kier alpha value is -1.66. The summed E-state index contributed by atoms with van der Waals surface area (Å²) in [6, 6.07) is 2.02. The number of carbonyl (C=O) groups is 1. The fourth-order valence-electron chi connectivity index (χ4n) is 2.81. The van der Waals surface area contributed by atoms with Gasteiger partial charge < -0.3 is 15.7 Å². The van der Waals surface area contributed by atoms with Crippen molar-refractivity contribution >= 4 is 38.8 Å². The highest BCUT2D eigenvalue weighted by molar-refractivity contribution is 7.21. The van der Waals surface area contributed by atoms with Crippen molar-refractivity contribution in [3.63, 3.8) is 0 Å². The number of aliphatic hydroxyl groups excluding tert-OH is 1. The number of rotatable bonds is 2. The lowest BCUT2D eigenvalue weighted by molar-refractivity contribution is 0.102. The first-order chi connectivity index (χ1) is 9.97. The molecule has 6 heteroatoms. The number of nitrogen functional groups attached to an aromatic ring is 1. The van der Waals surface area contributed by atoms with E-state index in [4.69, 9.17) is 5.73 Å². The predicted octanol–water partition coefficient (Wildman–Crippen LogP) is 2.35. The van der Waals surface area contributed by atoms with Crippen molar-refractivity contribution in [2.45, 2.75) is 32.8 Å². The minimum atomic E-state index is -0.201. The summed E-state index contributed by atoms with van der Waals surface area (Å²) in [6.45, 7) is 5.14. The summed E-state index contributed by atoms with van der Waals surface area (Å²) in [5.41, 5.74) is 7.68. The number of aromatic nitrogens is 1. The number of thiophene rings is 1. The highest BCUT2D eigenvalue weighted by atomic mass is 32.1. The van der Waals surface area contributed by atoms with Crippen molar-refractivity contribution in [2.24, 2.45) is 0 Å². The zero-order valence-corrected chi connectivity index (χ0v) is 13.0. The highest BCUT2D eigenvalue weighted by Gasteiger charge is 2.21. The van der Waals surface area contributed by atoms with Crippen LogP contribution in [-0.2, 0) is 0 Å². The van der Waals surface area contributed by atoms with Gasteiger partial charge in [-0.25, -0.2) is 4.98 Å². The lowest BCUT2D eigenvalue weighted by Gasteiger charge is -2.30. The number of piperidine rings is 1. The Morgan fingerprint density at radius 1 is 1.48 bits per heavy atom. The maximum atomic E-state index is 11.6. The van der Waals surface area contributed by atoms with Crippen molar-refractivity contribution in [3.8, 4) is 0 Å². The van der Waals surface area contributed by atoms with E-state index in [-0.39, 0.29) is 11.9 Å². The SMILES string of the molecule is CC(=O)c1sc2nc(N3CCC(O)CC3)cc(C)c2c1N. The van der Waals surface area contributed by atoms with E-state index in [1.54, 1.807) is 0 Å². The maximum absolute atomic E-state index is 11.6. The lowest BCUT2D eigenvalue weighted by atomic mass is 10.1. The summed E-state index contributed by atoms with van der Waals surface area (Å²) < 4.78 is 0. The Balaban J connectivity index is 2.05. The topological polar surface area (TPSA) is 79.5 Å². The van der Waals surface area contributed by atoms with Crippen LogP contribution >= 0.6 is 11.3 Å². The first-order valence-electron chi connectivity index (χ1n) is 7.11. The van der Waals surface area contributed by atoms with Crippen molar-refractivity contribution in [1.82, 2.24) is 4.98 Å². The predicted molar refractivity (Wildman–Crippen MR) is 86.2 cm³/mol. The monoisotopic (exact) mass is 305 g/mol. The molecule has 3 heterocycles. The van der Waals surface area contributed by atoms with Crippen molar-refractivity contribution < 1.29 is 9.90 Å². The van der Waals surface area contributed by atoms with Crippen molar-refractivity contribution in [1.29, 1.82) is 0 Å². The molecule has 0 aromatic carbocycles. The van der Waals surface area contributed by atoms with E-state index in [1.807, 2.05) is 13.0 Å². The summed E-state index contributed by atoms with van der Waals surface area (Å²) in [4.78, 5) is 19.9. The zero-order chi connectivity index (χ0) is 15.1. The van der Waals surface area contributed by atoms with Crippen LogP contribution in [0, 0.1) is 6.92 Å². The molecule has 112 valence electrons. The van der Waals surface area contributed by atoms with Crippen LogP contribution in [0.3, 0.4) is 0 Å². The zero-order valence-electron chi connectivity index (χ0n) is 12.2. The van der Waals surface area contributed by atoms with Gasteiger partial charge in [-0.1, -0.05) is 0 Å². The number of nitrogens with zero attached hydrogens (tertiary/aromatic N) is 2. The maximum Gasteiger partial charge on any atom is 0.171 e. The summed E-state index contributed by atoms with van der Waals surface area (Å²) in [5.74, 6) is 0.890. The molecule has 5 nitrogen and oxygen atoms in total. The van der Waals surface area contributed by atoms with Crippen LogP contribution in [0.15, 0.2) is 6.07 Å². The molecule has 0 bridgehead atoms. The average Bonchev–Trinajstić information content (AvgIpc) is 2.77. The van der Waals surface area contributed by atoms with Gasteiger partial charge in [0.1, 0.15) is 10.6 Å². The molecule has 0 radical (unpaired) electrons. The minimum absolute atomic E-state index is 0.0162. The number of ketones is 1. The van der Waals surface area contributed by atoms with Crippen LogP contribution in [-0.4, -0.2) is 35.1 Å². The van der Waals surface area contributed by atoms with Crippen LogP contribution in [0.5, 0.6) is 0 Å². The van der Waals surface area contributed by atoms with Gasteiger partial charge in [0.25, 0.3) is 0 Å². The largest absolute Gasteiger partial charge is 0.397 e. The Labute approximate surface area is 127 Å². The number of anilines is 2. The third-order valence-electron chi connectivity index (χ3n) is 3.99. The highest BCUT2D eigenvalue weighted by Crippen LogP contribution is 2.36. The molecule has 0 unspecified atom stereocenters. The summed E-state index contributed by atoms with van der Waals surface area (Å²) in [5, 5.41) is 10.5. The molecule has 21 heavy (non-hydrogen) atoms. The smallest absolute Gasteiger partial charge is 0.171 e. The fourth-order valence-corrected chi connectivity index (χ4v) is 3.87. The molecule has 0 saturated carbocycles. The number of hydrogen-bond acceptors (Lipinski definition) is 6. The first kappa shape index (κ1) is 14.3. The Bertz CT molecular complexity index is 702. The van der Waals surface area contributed by atoms with E-state index in [0.29, 0.717) is 10.6 Å². The van der Waals surface area contributed by atoms with Crippen LogP contribution in [0.25, 0.3) is 10.2 Å². The molecule has 1 saturated heterocycles. The van der Waals surface area contributed by atoms with Crippen molar-refractivity contribution in [2.75, 3.05) is 23.7 Å². The molecule has 0 atom stereocenters. The Kier molecular flexibility index (Phi) is 3.59. The van der Waals surface area contributed by atoms with Gasteiger partial charge in [0.05, 0.1) is 16.7 Å². The Morgan fingerprint density at radius 3 is 2.76 bits per heavy atom. The number of hydrogen-bond donors (Lipinski definition) is 2. The molecule has 3 N–H and O–H groups in total. The second-order valence-electron chi connectivity index (χ2n) is 5.60. The van der Waals surface area contributed by atoms with Gasteiger partial charge in [-0.2, -0.15) is 0 Å². The third-order valence-corrected chi connectivity index (χ3v) is 5.19. The molecule has 0 amide bonds. The van der Waals surface area contributed by atoms with Gasteiger partial charge in [-0.3, -0.25) is 4.79 Å². The summed E-state index contributed by atoms with van der Waals surface area (Å²) in [7, 11) is 0. The fraction of sp³-hybridized carbons (Fsp3) is 0.467. The molecule has 3 rings (SSSR count). The average molecular weight is 305 g/mol. The Morgan fingerprint density at radius 2 is 2.14 bits per heavy atom. The number of nitrogens with two attached hydrogens (primary N) is 1. The number of Topliss-reactive ketones (excluding diaryl/α,β-unsaturated/α-hetero) is 1. The number of aryl methyl sites for hydroxylation is 1. The van der Waals surface area contributed by atoms with Crippen LogP contribution in [0.2, 0.25) is 0 Å². The van der Waals surface area contributed by atoms with Gasteiger partial charge in [-0.15, -0.1) is 11.3 Å². The quantitative estimate of drug-likeness (QED) is 0.833. The third kappa shape index (κ3) is 2.49. The van der Waals surface area contributed by atoms with E-state index in [9.17, 15) is 9.90 Å². The van der Waals surface area contributed by atoms with E-state index >= 15 is 0 Å². The van der Waals surface area contributed by atoms with Crippen LogP contribution in [0.4, 0.5) is 11.5 Å². The molecule has 1 aliphatic rings. The normalized spacial score (nSPS) is 16.6. The molecule has 2 aromatic rings. The molecule has 0 aliphatic carbocycles. The molecule has 1 aliphatic heterocycles. The molecule has 2 aromatic heterocycles. The second-order valence-corrected chi connectivity index (χ2v) is 6.60. The second kappa shape index (κ2) is 5.27. The van der Waals surface area contributed by atoms with Gasteiger partial charge in [0, 0.05) is 25.4 Å². The van der Waals surface area contributed by atoms with Gasteiger partial charge in [0.2, 0.25) is 0 Å². The van der Waals surface area contributed by atoms with E-state index in [0.717, 1.165) is 47.5 Å². The van der Waals surface area contributed by atoms with Crippen molar-refractivity contribution in [3.05, 3.63) is 16.5 Å². The van der Waals surface area contributed by atoms with E-state index in [2.05, 4.69) is 9.88 Å². The molecule has 1 fully saturated rings. The first-order valence-corrected chi connectivity index (χ1v) is 7.92. The number of pyridine rings is 1. The number of fused-ring (bicyclic) bond motifs is 1. The van der Waals surface area contributed by atoms with Crippen LogP contribution < -0.4 is 10.6 Å². The van der Waals surface area contributed by atoms with Gasteiger partial charge in [-0.05, 0) is 31.4 Å². The van der Waals surface area contributed by atoms with E-state index in [1.165, 1.54) is 18.3 Å². The summed E-state index contributed by atoms with van der Waals surface area (Å²) >= 11 is 1.36. The molecule has 0 spiro atoms. The standard InChI is InChI=1S/C15H19N3O2S/c1-8-7-11(18-5-3-10(20)4-6-18)17-15-12(8)13(16)14(21-15)9(2)19/h7,10,20H,3-6,16H2,1-2H3. The van der Waals surface area contributed by atoms with Gasteiger partial charge >= 0.3 is 0 Å². The van der Waals surface area contributed by atoms with Gasteiger partial charge in [0.15, 0.2) is 5.78 Å².